The van der Waals surface area contributed by atoms with Gasteiger partial charge in [0.05, 0.1) is 5.92 Å². The summed E-state index contributed by atoms with van der Waals surface area (Å²) in [5.74, 6) is 0.144. The Hall–Kier alpha value is -1.38. The third-order valence-electron chi connectivity index (χ3n) is 4.92. The first-order valence-corrected chi connectivity index (χ1v) is 6.59. The normalized spacial score (nSPS) is 42.7. The Kier molecular flexibility index (Phi) is 2.31. The van der Waals surface area contributed by atoms with Gasteiger partial charge in [0.2, 0.25) is 0 Å². The van der Waals surface area contributed by atoms with Crippen molar-refractivity contribution in [3.8, 4) is 0 Å². The van der Waals surface area contributed by atoms with Crippen molar-refractivity contribution in [1.82, 2.24) is 0 Å². The molecule has 0 unspecified atom stereocenters. The highest BCUT2D eigenvalue weighted by Crippen LogP contribution is 2.52. The van der Waals surface area contributed by atoms with E-state index in [9.17, 15) is 9.59 Å². The molecular weight excluding hydrogens is 228 g/mol. The second kappa shape index (κ2) is 3.56. The van der Waals surface area contributed by atoms with Gasteiger partial charge in [-0.2, -0.15) is 0 Å². The van der Waals surface area contributed by atoms with E-state index in [4.69, 9.17) is 4.74 Å². The average molecular weight is 246 g/mol. The summed E-state index contributed by atoms with van der Waals surface area (Å²) in [5, 5.41) is 0. The molecule has 1 heterocycles. The predicted octanol–water partition coefficient (Wildman–Crippen LogP) is 2.42. The average Bonchev–Trinajstić information content (AvgIpc) is 2.60. The van der Waals surface area contributed by atoms with Crippen molar-refractivity contribution >= 4 is 11.8 Å². The van der Waals surface area contributed by atoms with Crippen LogP contribution < -0.4 is 0 Å². The molecule has 0 radical (unpaired) electrons. The summed E-state index contributed by atoms with van der Waals surface area (Å²) in [5.41, 5.74) is 1.71. The van der Waals surface area contributed by atoms with E-state index >= 15 is 0 Å². The first-order valence-electron chi connectivity index (χ1n) is 6.59. The molecule has 0 aromatic heterocycles. The molecule has 1 saturated heterocycles. The monoisotopic (exact) mass is 246 g/mol. The van der Waals surface area contributed by atoms with Crippen LogP contribution in [-0.2, 0) is 14.3 Å². The third-order valence-corrected chi connectivity index (χ3v) is 4.92. The quantitative estimate of drug-likeness (QED) is 0.616. The van der Waals surface area contributed by atoms with E-state index in [0.29, 0.717) is 0 Å². The number of carbonyl (C=O) groups is 2. The largest absolute Gasteiger partial charge is 0.457 e. The van der Waals surface area contributed by atoms with Crippen molar-refractivity contribution in [3.63, 3.8) is 0 Å². The number of esters is 1. The molecule has 0 aromatic rings. The van der Waals surface area contributed by atoms with Crippen LogP contribution in [0.5, 0.6) is 0 Å². The van der Waals surface area contributed by atoms with Gasteiger partial charge in [-0.05, 0) is 31.4 Å². The molecule has 0 aromatic carbocycles. The molecule has 1 aliphatic heterocycles. The van der Waals surface area contributed by atoms with Gasteiger partial charge < -0.3 is 4.74 Å². The van der Waals surface area contributed by atoms with Crippen molar-refractivity contribution in [3.05, 3.63) is 23.3 Å². The topological polar surface area (TPSA) is 43.4 Å². The molecule has 2 fully saturated rings. The van der Waals surface area contributed by atoms with Crippen LogP contribution in [0.2, 0.25) is 0 Å². The van der Waals surface area contributed by atoms with Gasteiger partial charge in [-0.15, -0.1) is 0 Å². The first-order chi connectivity index (χ1) is 8.44. The van der Waals surface area contributed by atoms with E-state index in [0.717, 1.165) is 24.0 Å². The van der Waals surface area contributed by atoms with Gasteiger partial charge in [-0.1, -0.05) is 19.9 Å². The number of hydrogen-bond acceptors (Lipinski definition) is 3. The number of ether oxygens (including phenoxy) is 1. The molecule has 3 heteroatoms. The summed E-state index contributed by atoms with van der Waals surface area (Å²) < 4.78 is 5.55. The van der Waals surface area contributed by atoms with Crippen molar-refractivity contribution < 1.29 is 14.3 Å². The standard InChI is InChI=1S/C15H18O3/c1-8-10-4-6-15(3)7-5-11(16)9(2)12(15)13(10)18-14(8)17/h5,7-8,10,13H,4,6H2,1-3H3/t8-,10+,13-,15+/m0/s1. The first kappa shape index (κ1) is 11.7. The second-order valence-corrected chi connectivity index (χ2v) is 6.00. The lowest BCUT2D eigenvalue weighted by Crippen LogP contribution is -2.39. The van der Waals surface area contributed by atoms with Gasteiger partial charge in [0.15, 0.2) is 5.78 Å². The lowest BCUT2D eigenvalue weighted by atomic mass is 9.62. The van der Waals surface area contributed by atoms with Crippen LogP contribution in [0.4, 0.5) is 0 Å². The van der Waals surface area contributed by atoms with E-state index in [2.05, 4.69) is 6.92 Å². The van der Waals surface area contributed by atoms with Crippen molar-refractivity contribution in [1.29, 1.82) is 0 Å². The van der Waals surface area contributed by atoms with Crippen molar-refractivity contribution in [2.24, 2.45) is 17.3 Å². The van der Waals surface area contributed by atoms with E-state index in [1.165, 1.54) is 0 Å². The fourth-order valence-electron chi connectivity index (χ4n) is 3.69. The summed E-state index contributed by atoms with van der Waals surface area (Å²) in [6, 6.07) is 0. The summed E-state index contributed by atoms with van der Waals surface area (Å²) >= 11 is 0. The van der Waals surface area contributed by atoms with E-state index in [1.807, 2.05) is 19.9 Å². The van der Waals surface area contributed by atoms with E-state index in [-0.39, 0.29) is 35.1 Å². The van der Waals surface area contributed by atoms with Gasteiger partial charge in [0.25, 0.3) is 0 Å². The van der Waals surface area contributed by atoms with E-state index in [1.54, 1.807) is 6.08 Å². The second-order valence-electron chi connectivity index (χ2n) is 6.00. The fraction of sp³-hybridized carbons (Fsp3) is 0.600. The van der Waals surface area contributed by atoms with Crippen LogP contribution in [0, 0.1) is 17.3 Å². The Balaban J connectivity index is 2.10. The Morgan fingerprint density at radius 1 is 1.39 bits per heavy atom. The van der Waals surface area contributed by atoms with Crippen molar-refractivity contribution in [2.75, 3.05) is 0 Å². The number of fused-ring (bicyclic) bond motifs is 3. The Labute approximate surface area is 107 Å². The van der Waals surface area contributed by atoms with E-state index < -0.39 is 0 Å². The Morgan fingerprint density at radius 2 is 2.11 bits per heavy atom. The van der Waals surface area contributed by atoms with Crippen LogP contribution in [0.3, 0.4) is 0 Å². The lowest BCUT2D eigenvalue weighted by molar-refractivity contribution is -0.143. The number of rotatable bonds is 0. The lowest BCUT2D eigenvalue weighted by Gasteiger charge is -2.42. The number of carbonyl (C=O) groups excluding carboxylic acids is 2. The molecule has 0 N–H and O–H groups in total. The van der Waals surface area contributed by atoms with Crippen LogP contribution in [0.25, 0.3) is 0 Å². The maximum absolute atomic E-state index is 11.9. The zero-order valence-electron chi connectivity index (χ0n) is 11.0. The van der Waals surface area contributed by atoms with Gasteiger partial charge >= 0.3 is 5.97 Å². The molecular formula is C15H18O3. The maximum Gasteiger partial charge on any atom is 0.309 e. The summed E-state index contributed by atoms with van der Waals surface area (Å²) in [6.45, 7) is 5.94. The number of ketones is 1. The number of hydrogen-bond donors (Lipinski definition) is 0. The SMILES string of the molecule is CC1=C2[C@H]3OC(=O)[C@@H](C)[C@H]3CC[C@]2(C)C=CC1=O. The molecule has 4 atom stereocenters. The van der Waals surface area contributed by atoms with Gasteiger partial charge in [0.1, 0.15) is 6.10 Å². The molecule has 3 aliphatic rings. The Bertz CT molecular complexity index is 500. The minimum Gasteiger partial charge on any atom is -0.457 e. The Morgan fingerprint density at radius 3 is 2.83 bits per heavy atom. The molecule has 0 amide bonds. The van der Waals surface area contributed by atoms with Crippen LogP contribution >= 0.6 is 0 Å². The molecule has 3 nitrogen and oxygen atoms in total. The summed E-state index contributed by atoms with van der Waals surface area (Å²) in [6.07, 6.45) is 5.46. The van der Waals surface area contributed by atoms with Gasteiger partial charge in [-0.3, -0.25) is 9.59 Å². The van der Waals surface area contributed by atoms with Gasteiger partial charge in [0, 0.05) is 16.9 Å². The molecule has 1 saturated carbocycles. The minimum atomic E-state index is -0.180. The molecule has 3 rings (SSSR count). The number of allylic oxidation sites excluding steroid dienone is 3. The van der Waals surface area contributed by atoms with Crippen molar-refractivity contribution in [2.45, 2.75) is 39.7 Å². The van der Waals surface area contributed by atoms with Crippen LogP contribution in [-0.4, -0.2) is 17.9 Å². The molecule has 96 valence electrons. The highest BCUT2D eigenvalue weighted by atomic mass is 16.6. The third kappa shape index (κ3) is 1.36. The highest BCUT2D eigenvalue weighted by molar-refractivity contribution is 6.05. The molecule has 0 bridgehead atoms. The van der Waals surface area contributed by atoms with Gasteiger partial charge in [-0.25, -0.2) is 0 Å². The summed E-state index contributed by atoms with van der Waals surface area (Å²) in [4.78, 5) is 23.6. The minimum absolute atomic E-state index is 0.0409. The molecule has 0 spiro atoms. The predicted molar refractivity (Wildman–Crippen MR) is 66.7 cm³/mol. The van der Waals surface area contributed by atoms with Crippen LogP contribution in [0.15, 0.2) is 23.3 Å². The highest BCUT2D eigenvalue weighted by Gasteiger charge is 2.52. The molecule has 2 aliphatic carbocycles. The zero-order valence-corrected chi connectivity index (χ0v) is 11.0. The fourth-order valence-corrected chi connectivity index (χ4v) is 3.69. The smallest absolute Gasteiger partial charge is 0.309 e. The van der Waals surface area contributed by atoms with Crippen LogP contribution in [0.1, 0.15) is 33.6 Å². The maximum atomic E-state index is 11.9. The molecule has 18 heavy (non-hydrogen) atoms. The summed E-state index contributed by atoms with van der Waals surface area (Å²) in [7, 11) is 0. The zero-order chi connectivity index (χ0) is 13.1.